The highest BCUT2D eigenvalue weighted by molar-refractivity contribution is 5.96. The summed E-state index contributed by atoms with van der Waals surface area (Å²) in [5.41, 5.74) is 7.27. The number of piperazine rings is 1. The fraction of sp³-hybridized carbons (Fsp3) is 0.310. The molecule has 8 heteroatoms. The molecule has 37 heavy (non-hydrogen) atoms. The van der Waals surface area contributed by atoms with Gasteiger partial charge in [0.05, 0.1) is 0 Å². The van der Waals surface area contributed by atoms with Gasteiger partial charge in [-0.2, -0.15) is 0 Å². The number of fused-ring (bicyclic) bond motifs is 1. The number of benzene rings is 2. The minimum absolute atomic E-state index is 0.200. The third-order valence-corrected chi connectivity index (χ3v) is 6.90. The Kier molecular flexibility index (Phi) is 7.39. The first-order chi connectivity index (χ1) is 18.0. The number of pyridine rings is 1. The van der Waals surface area contributed by atoms with E-state index in [-0.39, 0.29) is 6.03 Å². The fourth-order valence-electron chi connectivity index (χ4n) is 4.63. The van der Waals surface area contributed by atoms with E-state index in [0.29, 0.717) is 6.54 Å². The number of nitrogens with one attached hydrogen (secondary N) is 3. The Morgan fingerprint density at radius 3 is 2.38 bits per heavy atom. The second-order valence-electron chi connectivity index (χ2n) is 9.92. The van der Waals surface area contributed by atoms with Crippen LogP contribution in [0.2, 0.25) is 0 Å². The van der Waals surface area contributed by atoms with E-state index in [2.05, 4.69) is 67.8 Å². The normalized spacial score (nSPS) is 14.3. The van der Waals surface area contributed by atoms with E-state index in [1.807, 2.05) is 55.7 Å². The molecule has 1 fully saturated rings. The van der Waals surface area contributed by atoms with Crippen LogP contribution in [0.15, 0.2) is 67.0 Å². The Hall–Kier alpha value is -3.88. The lowest BCUT2D eigenvalue weighted by molar-refractivity contribution is 0.250. The minimum atomic E-state index is -0.200. The molecule has 192 valence electrons. The third-order valence-electron chi connectivity index (χ3n) is 6.90. The van der Waals surface area contributed by atoms with Crippen LogP contribution in [-0.4, -0.2) is 86.2 Å². The van der Waals surface area contributed by atoms with Gasteiger partial charge >= 0.3 is 6.03 Å². The molecule has 1 saturated heterocycles. The highest BCUT2D eigenvalue weighted by atomic mass is 16.2. The number of H-pyrrole nitrogens is 1. The average molecular weight is 498 g/mol. The second kappa shape index (κ2) is 11.0. The molecule has 1 aliphatic heterocycles. The van der Waals surface area contributed by atoms with Gasteiger partial charge in [-0.1, -0.05) is 24.3 Å². The summed E-state index contributed by atoms with van der Waals surface area (Å²) in [5, 5.41) is 6.83. The van der Waals surface area contributed by atoms with Crippen molar-refractivity contribution in [3.05, 3.63) is 67.0 Å². The Labute approximate surface area is 218 Å². The summed E-state index contributed by atoms with van der Waals surface area (Å²) in [4.78, 5) is 26.9. The number of aromatic amines is 1. The van der Waals surface area contributed by atoms with Crippen molar-refractivity contribution in [2.75, 3.05) is 70.6 Å². The van der Waals surface area contributed by atoms with Gasteiger partial charge in [-0.25, -0.2) is 9.78 Å². The van der Waals surface area contributed by atoms with Gasteiger partial charge in [0.1, 0.15) is 5.65 Å². The molecule has 2 aromatic carbocycles. The van der Waals surface area contributed by atoms with Crippen molar-refractivity contribution in [2.24, 2.45) is 0 Å². The maximum absolute atomic E-state index is 12.1. The summed E-state index contributed by atoms with van der Waals surface area (Å²) < 4.78 is 0. The van der Waals surface area contributed by atoms with Gasteiger partial charge in [0.25, 0.3) is 0 Å². The van der Waals surface area contributed by atoms with Crippen LogP contribution in [0, 0.1) is 0 Å². The largest absolute Gasteiger partial charge is 0.369 e. The van der Waals surface area contributed by atoms with Crippen molar-refractivity contribution in [2.45, 2.75) is 0 Å². The molecule has 0 aliphatic carbocycles. The molecule has 5 rings (SSSR count). The van der Waals surface area contributed by atoms with Gasteiger partial charge in [0, 0.05) is 79.6 Å². The molecular weight excluding hydrogens is 462 g/mol. The summed E-state index contributed by atoms with van der Waals surface area (Å²) in [7, 11) is 6.14. The van der Waals surface area contributed by atoms with E-state index in [4.69, 9.17) is 0 Å². The van der Waals surface area contributed by atoms with Crippen LogP contribution in [0.1, 0.15) is 0 Å². The first kappa shape index (κ1) is 24.8. The summed E-state index contributed by atoms with van der Waals surface area (Å²) in [5.74, 6) is 0. The summed E-state index contributed by atoms with van der Waals surface area (Å²) in [6, 6.07) is 18.7. The number of anilines is 2. The molecular formula is C29H35N7O. The summed E-state index contributed by atoms with van der Waals surface area (Å²) in [6.07, 6.45) is 3.92. The number of carbonyl (C=O) groups excluding carboxylic acids is 1. The highest BCUT2D eigenvalue weighted by Crippen LogP contribution is 2.32. The average Bonchev–Trinajstić information content (AvgIpc) is 3.33. The molecule has 2 aromatic heterocycles. The minimum Gasteiger partial charge on any atom is -0.369 e. The molecule has 0 bridgehead atoms. The van der Waals surface area contributed by atoms with Gasteiger partial charge in [-0.3, -0.25) is 0 Å². The maximum Gasteiger partial charge on any atom is 0.319 e. The van der Waals surface area contributed by atoms with Gasteiger partial charge in [0.2, 0.25) is 0 Å². The smallest absolute Gasteiger partial charge is 0.319 e. The number of rotatable bonds is 7. The third kappa shape index (κ3) is 5.93. The van der Waals surface area contributed by atoms with Crippen molar-refractivity contribution >= 4 is 28.4 Å². The van der Waals surface area contributed by atoms with Crippen molar-refractivity contribution in [1.82, 2.24) is 25.1 Å². The zero-order valence-electron chi connectivity index (χ0n) is 21.8. The molecule has 2 amide bonds. The molecule has 4 aromatic rings. The van der Waals surface area contributed by atoms with Crippen molar-refractivity contribution < 1.29 is 4.79 Å². The lowest BCUT2D eigenvalue weighted by Gasteiger charge is -2.34. The Bertz CT molecular complexity index is 1340. The Morgan fingerprint density at radius 2 is 1.68 bits per heavy atom. The van der Waals surface area contributed by atoms with Gasteiger partial charge in [-0.15, -0.1) is 0 Å². The van der Waals surface area contributed by atoms with Crippen LogP contribution >= 0.6 is 0 Å². The van der Waals surface area contributed by atoms with Crippen LogP contribution < -0.4 is 15.5 Å². The van der Waals surface area contributed by atoms with E-state index in [1.54, 1.807) is 0 Å². The van der Waals surface area contributed by atoms with Gasteiger partial charge < -0.3 is 30.3 Å². The van der Waals surface area contributed by atoms with E-state index in [9.17, 15) is 4.79 Å². The van der Waals surface area contributed by atoms with E-state index < -0.39 is 0 Å². The number of urea groups is 1. The number of likely N-dealkylation sites (N-methyl/N-ethyl adjacent to an activating group) is 2. The van der Waals surface area contributed by atoms with E-state index in [1.165, 1.54) is 5.69 Å². The first-order valence-electron chi connectivity index (χ1n) is 12.8. The predicted octanol–water partition coefficient (Wildman–Crippen LogP) is 4.33. The standard InChI is InChI=1S/C29H35N7O/c1-34(2)13-12-30-29(37)33-24-8-4-22(5-9-24)27-20-32-28-26(27)18-23(19-31-28)21-6-10-25(11-7-21)36-16-14-35(3)15-17-36/h4-11,18-20H,12-17H2,1-3H3,(H,31,32)(H2,30,33,37). The molecule has 8 nitrogen and oxygen atoms in total. The van der Waals surface area contributed by atoms with Crippen LogP contribution in [0.4, 0.5) is 16.2 Å². The van der Waals surface area contributed by atoms with E-state index in [0.717, 1.165) is 71.7 Å². The lowest BCUT2D eigenvalue weighted by Crippen LogP contribution is -2.44. The zero-order valence-corrected chi connectivity index (χ0v) is 21.8. The van der Waals surface area contributed by atoms with Crippen LogP contribution in [-0.2, 0) is 0 Å². The fourth-order valence-corrected chi connectivity index (χ4v) is 4.63. The highest BCUT2D eigenvalue weighted by Gasteiger charge is 2.15. The number of hydrogen-bond donors (Lipinski definition) is 3. The predicted molar refractivity (Wildman–Crippen MR) is 152 cm³/mol. The van der Waals surface area contributed by atoms with Crippen LogP contribution in [0.25, 0.3) is 33.3 Å². The zero-order chi connectivity index (χ0) is 25.8. The molecule has 0 unspecified atom stereocenters. The SMILES string of the molecule is CN(C)CCNC(=O)Nc1ccc(-c2c[nH]c3ncc(-c4ccc(N5CCN(C)CC5)cc4)cc23)cc1. The number of aromatic nitrogens is 2. The molecule has 0 radical (unpaired) electrons. The maximum atomic E-state index is 12.1. The molecule has 3 heterocycles. The van der Waals surface area contributed by atoms with E-state index >= 15 is 0 Å². The lowest BCUT2D eigenvalue weighted by atomic mass is 10.0. The topological polar surface area (TPSA) is 79.5 Å². The summed E-state index contributed by atoms with van der Waals surface area (Å²) in [6.45, 7) is 5.71. The number of hydrogen-bond acceptors (Lipinski definition) is 5. The first-order valence-corrected chi connectivity index (χ1v) is 12.8. The number of amides is 2. The molecule has 0 spiro atoms. The van der Waals surface area contributed by atoms with Crippen molar-refractivity contribution in [3.63, 3.8) is 0 Å². The quantitative estimate of drug-likeness (QED) is 0.354. The van der Waals surface area contributed by atoms with Crippen LogP contribution in [0.5, 0.6) is 0 Å². The Morgan fingerprint density at radius 1 is 0.973 bits per heavy atom. The summed E-state index contributed by atoms with van der Waals surface area (Å²) >= 11 is 0. The van der Waals surface area contributed by atoms with Gasteiger partial charge in [-0.05, 0) is 62.6 Å². The van der Waals surface area contributed by atoms with Crippen LogP contribution in [0.3, 0.4) is 0 Å². The van der Waals surface area contributed by atoms with Crippen molar-refractivity contribution in [3.8, 4) is 22.3 Å². The number of nitrogens with zero attached hydrogens (tertiary/aromatic N) is 4. The molecule has 1 aliphatic rings. The Balaban J connectivity index is 1.30. The monoisotopic (exact) mass is 497 g/mol. The van der Waals surface area contributed by atoms with Crippen molar-refractivity contribution in [1.29, 1.82) is 0 Å². The molecule has 0 atom stereocenters. The second-order valence-corrected chi connectivity index (χ2v) is 9.92. The molecule has 0 saturated carbocycles. The molecule has 3 N–H and O–H groups in total. The number of carbonyl (C=O) groups is 1. The van der Waals surface area contributed by atoms with Gasteiger partial charge in [0.15, 0.2) is 0 Å².